The van der Waals surface area contributed by atoms with Gasteiger partial charge in [0.25, 0.3) is 5.91 Å². The minimum atomic E-state index is -0.236. The van der Waals surface area contributed by atoms with Gasteiger partial charge in [0.1, 0.15) is 10.7 Å². The summed E-state index contributed by atoms with van der Waals surface area (Å²) in [5.41, 5.74) is 5.50. The number of nitrogens with two attached hydrogens (primary N) is 1. The Hall–Kier alpha value is -1.30. The number of hydrogen-bond donors (Lipinski definition) is 3. The van der Waals surface area contributed by atoms with Crippen LogP contribution in [0.1, 0.15) is 64.1 Å². The van der Waals surface area contributed by atoms with E-state index in [9.17, 15) is 4.79 Å². The Morgan fingerprint density at radius 2 is 1.90 bits per heavy atom. The van der Waals surface area contributed by atoms with E-state index < -0.39 is 0 Å². The highest BCUT2D eigenvalue weighted by Crippen LogP contribution is 2.27. The Balaban J connectivity index is 2.84. The first-order valence-electron chi connectivity index (χ1n) is 6.91. The molecule has 1 rings (SSSR count). The predicted octanol–water partition coefficient (Wildman–Crippen LogP) is 3.24. The van der Waals surface area contributed by atoms with Crippen LogP contribution in [0.4, 0.5) is 10.9 Å². The van der Waals surface area contributed by atoms with Gasteiger partial charge < -0.3 is 16.4 Å². The largest absolute Gasteiger partial charge is 0.382 e. The van der Waals surface area contributed by atoms with Crippen molar-refractivity contribution in [1.29, 1.82) is 0 Å². The molecule has 1 aromatic rings. The molecule has 0 radical (unpaired) electrons. The van der Waals surface area contributed by atoms with Gasteiger partial charge in [0.05, 0.1) is 0 Å². The van der Waals surface area contributed by atoms with E-state index in [4.69, 9.17) is 5.73 Å². The van der Waals surface area contributed by atoms with Crippen LogP contribution in [0.5, 0.6) is 0 Å². The molecule has 0 fully saturated rings. The first kappa shape index (κ1) is 16.8. The monoisotopic (exact) mass is 298 g/mol. The molecule has 0 aliphatic heterocycles. The van der Waals surface area contributed by atoms with Crippen molar-refractivity contribution in [3.8, 4) is 0 Å². The molecule has 0 saturated carbocycles. The minimum Gasteiger partial charge on any atom is -0.382 e. The normalized spacial score (nSPS) is 12.3. The summed E-state index contributed by atoms with van der Waals surface area (Å²) in [7, 11) is 0. The Morgan fingerprint density at radius 3 is 2.40 bits per heavy atom. The van der Waals surface area contributed by atoms with Gasteiger partial charge in [-0.25, -0.2) is 4.98 Å². The summed E-state index contributed by atoms with van der Waals surface area (Å²) in [4.78, 5) is 17.0. The molecule has 0 unspecified atom stereocenters. The number of thiazole rings is 1. The number of nitrogens with zero attached hydrogens (tertiary/aromatic N) is 1. The molecule has 1 aromatic heterocycles. The fourth-order valence-corrected chi connectivity index (χ4v) is 2.91. The Kier molecular flexibility index (Phi) is 5.02. The van der Waals surface area contributed by atoms with Crippen LogP contribution in [0, 0.1) is 0 Å². The smallest absolute Gasteiger partial charge is 0.265 e. The van der Waals surface area contributed by atoms with Gasteiger partial charge in [-0.15, -0.1) is 0 Å². The fourth-order valence-electron chi connectivity index (χ4n) is 1.92. The van der Waals surface area contributed by atoms with Gasteiger partial charge in [-0.3, -0.25) is 4.79 Å². The van der Waals surface area contributed by atoms with E-state index in [0.717, 1.165) is 12.8 Å². The molecule has 0 spiro atoms. The van der Waals surface area contributed by atoms with Crippen molar-refractivity contribution in [3.63, 3.8) is 0 Å². The van der Waals surface area contributed by atoms with Gasteiger partial charge >= 0.3 is 0 Å². The summed E-state index contributed by atoms with van der Waals surface area (Å²) < 4.78 is 0. The minimum absolute atomic E-state index is 0.112. The summed E-state index contributed by atoms with van der Waals surface area (Å²) in [5, 5.41) is 6.92. The van der Waals surface area contributed by atoms with Gasteiger partial charge in [-0.1, -0.05) is 24.7 Å². The van der Waals surface area contributed by atoms with Gasteiger partial charge in [0, 0.05) is 11.1 Å². The molecule has 5 nitrogen and oxygen atoms in total. The highest BCUT2D eigenvalue weighted by atomic mass is 32.1. The molecule has 4 N–H and O–H groups in total. The molecular weight excluding hydrogens is 272 g/mol. The van der Waals surface area contributed by atoms with Crippen LogP contribution in [0.15, 0.2) is 0 Å². The van der Waals surface area contributed by atoms with Crippen molar-refractivity contribution in [2.75, 3.05) is 11.1 Å². The van der Waals surface area contributed by atoms with Gasteiger partial charge in [-0.05, 0) is 41.0 Å². The van der Waals surface area contributed by atoms with E-state index in [1.165, 1.54) is 11.3 Å². The van der Waals surface area contributed by atoms with Crippen LogP contribution >= 0.6 is 11.3 Å². The van der Waals surface area contributed by atoms with Crippen molar-refractivity contribution in [3.05, 3.63) is 4.88 Å². The van der Waals surface area contributed by atoms with Gasteiger partial charge in [0.2, 0.25) is 0 Å². The number of anilines is 2. The van der Waals surface area contributed by atoms with Crippen molar-refractivity contribution < 1.29 is 4.79 Å². The third kappa shape index (κ3) is 5.00. The fraction of sp³-hybridized carbons (Fsp3) is 0.714. The molecule has 114 valence electrons. The van der Waals surface area contributed by atoms with E-state index in [1.807, 2.05) is 34.6 Å². The maximum atomic E-state index is 12.3. The predicted molar refractivity (Wildman–Crippen MR) is 86.4 cm³/mol. The van der Waals surface area contributed by atoms with E-state index in [0.29, 0.717) is 10.0 Å². The molecule has 1 amide bonds. The van der Waals surface area contributed by atoms with Crippen LogP contribution in [0.3, 0.4) is 0 Å². The second kappa shape index (κ2) is 5.99. The number of carbonyl (C=O) groups excluding carboxylic acids is 1. The SMILES string of the molecule is CCCC(C)(C)NC(=O)c1sc(NC(C)(C)C)nc1N. The lowest BCUT2D eigenvalue weighted by atomic mass is 9.99. The number of aromatic nitrogens is 1. The topological polar surface area (TPSA) is 80.0 Å². The molecule has 1 heterocycles. The highest BCUT2D eigenvalue weighted by molar-refractivity contribution is 7.18. The molecule has 20 heavy (non-hydrogen) atoms. The number of nitrogens with one attached hydrogen (secondary N) is 2. The summed E-state index contributed by atoms with van der Waals surface area (Å²) in [6.07, 6.45) is 1.94. The molecule has 6 heteroatoms. The van der Waals surface area contributed by atoms with Crippen LogP contribution in [0.25, 0.3) is 0 Å². The van der Waals surface area contributed by atoms with E-state index >= 15 is 0 Å². The Labute approximate surface area is 125 Å². The molecular formula is C14H26N4OS. The molecule has 0 saturated heterocycles. The average Bonchev–Trinajstić information content (AvgIpc) is 2.55. The first-order chi connectivity index (χ1) is 9.04. The number of rotatable bonds is 5. The lowest BCUT2D eigenvalue weighted by molar-refractivity contribution is 0.0914. The van der Waals surface area contributed by atoms with Gasteiger partial charge in [-0.2, -0.15) is 0 Å². The van der Waals surface area contributed by atoms with Crippen molar-refractivity contribution in [1.82, 2.24) is 10.3 Å². The van der Waals surface area contributed by atoms with Crippen molar-refractivity contribution in [2.24, 2.45) is 0 Å². The zero-order valence-corrected chi connectivity index (χ0v) is 14.1. The lowest BCUT2D eigenvalue weighted by Gasteiger charge is -2.25. The standard InChI is InChI=1S/C14H26N4OS/c1-7-8-14(5,6)17-11(19)9-10(15)16-12(20-9)18-13(2,3)4/h7-8,15H2,1-6H3,(H,16,18)(H,17,19). The second-order valence-electron chi connectivity index (χ2n) is 6.70. The van der Waals surface area contributed by atoms with Crippen molar-refractivity contribution >= 4 is 28.2 Å². The number of nitrogen functional groups attached to an aromatic ring is 1. The second-order valence-corrected chi connectivity index (χ2v) is 7.70. The third-order valence-corrected chi connectivity index (χ3v) is 3.65. The van der Waals surface area contributed by atoms with Crippen LogP contribution in [-0.4, -0.2) is 22.0 Å². The van der Waals surface area contributed by atoms with E-state index in [-0.39, 0.29) is 22.8 Å². The summed E-state index contributed by atoms with van der Waals surface area (Å²) >= 11 is 1.29. The molecule has 0 aliphatic carbocycles. The molecule has 0 aromatic carbocycles. The summed E-state index contributed by atoms with van der Waals surface area (Å²) in [6, 6.07) is 0. The lowest BCUT2D eigenvalue weighted by Crippen LogP contribution is -2.43. The molecule has 0 bridgehead atoms. The van der Waals surface area contributed by atoms with Crippen LogP contribution in [0.2, 0.25) is 0 Å². The first-order valence-corrected chi connectivity index (χ1v) is 7.73. The summed E-state index contributed by atoms with van der Waals surface area (Å²) in [5.74, 6) is 0.131. The Morgan fingerprint density at radius 1 is 1.30 bits per heavy atom. The summed E-state index contributed by atoms with van der Waals surface area (Å²) in [6.45, 7) is 12.2. The highest BCUT2D eigenvalue weighted by Gasteiger charge is 2.24. The van der Waals surface area contributed by atoms with Crippen LogP contribution in [-0.2, 0) is 0 Å². The zero-order valence-electron chi connectivity index (χ0n) is 13.3. The zero-order chi connectivity index (χ0) is 15.6. The quantitative estimate of drug-likeness (QED) is 0.779. The number of amides is 1. The molecule has 0 atom stereocenters. The molecule has 0 aliphatic rings. The number of hydrogen-bond acceptors (Lipinski definition) is 5. The van der Waals surface area contributed by atoms with E-state index in [2.05, 4.69) is 22.5 Å². The van der Waals surface area contributed by atoms with Crippen LogP contribution < -0.4 is 16.4 Å². The maximum absolute atomic E-state index is 12.3. The third-order valence-electron chi connectivity index (χ3n) is 2.67. The number of carbonyl (C=O) groups is 1. The van der Waals surface area contributed by atoms with Crippen molar-refractivity contribution in [2.45, 2.75) is 65.5 Å². The van der Waals surface area contributed by atoms with Gasteiger partial charge in [0.15, 0.2) is 5.13 Å². The maximum Gasteiger partial charge on any atom is 0.265 e. The average molecular weight is 298 g/mol. The Bertz CT molecular complexity index is 474. The van der Waals surface area contributed by atoms with E-state index in [1.54, 1.807) is 0 Å².